The molecule has 0 aliphatic heterocycles. The molecule has 0 amide bonds. The molecule has 0 heterocycles. The van der Waals surface area contributed by atoms with Crippen molar-refractivity contribution in [1.82, 2.24) is 0 Å². The van der Waals surface area contributed by atoms with E-state index in [1.165, 1.54) is 12.1 Å². The number of rotatable bonds is 4. The molecule has 0 atom stereocenters. The van der Waals surface area contributed by atoms with Crippen molar-refractivity contribution in [3.8, 4) is 11.8 Å². The molecule has 0 bridgehead atoms. The third-order valence-corrected chi connectivity index (χ3v) is 2.50. The summed E-state index contributed by atoms with van der Waals surface area (Å²) in [6, 6.07) is 4.72. The summed E-state index contributed by atoms with van der Waals surface area (Å²) in [4.78, 5) is 0. The van der Waals surface area contributed by atoms with Crippen LogP contribution in [0.5, 0.6) is 5.75 Å². The molecule has 0 spiro atoms. The van der Waals surface area contributed by atoms with Gasteiger partial charge < -0.3 is 9.84 Å². The average Bonchev–Trinajstić information content (AvgIpc) is 2.25. The van der Waals surface area contributed by atoms with Crippen LogP contribution in [0.2, 0.25) is 0 Å². The Bertz CT molecular complexity index is 390. The van der Waals surface area contributed by atoms with Crippen LogP contribution in [0.15, 0.2) is 16.6 Å². The molecular formula is C10H9BrFNO2. The fourth-order valence-electron chi connectivity index (χ4n) is 0.976. The topological polar surface area (TPSA) is 53.2 Å². The molecule has 3 nitrogen and oxygen atoms in total. The van der Waals surface area contributed by atoms with E-state index in [4.69, 9.17) is 15.1 Å². The number of halogens is 2. The summed E-state index contributed by atoms with van der Waals surface area (Å²) >= 11 is 2.97. The van der Waals surface area contributed by atoms with Crippen LogP contribution >= 0.6 is 15.9 Å². The minimum absolute atomic E-state index is 0.000925. The van der Waals surface area contributed by atoms with Crippen molar-refractivity contribution in [3.05, 3.63) is 28.0 Å². The van der Waals surface area contributed by atoms with E-state index in [9.17, 15) is 4.39 Å². The van der Waals surface area contributed by atoms with Crippen LogP contribution < -0.4 is 4.74 Å². The second kappa shape index (κ2) is 5.69. The van der Waals surface area contributed by atoms with E-state index in [1.54, 1.807) is 0 Å². The number of aliphatic hydroxyl groups is 1. The molecule has 0 fully saturated rings. The highest BCUT2D eigenvalue weighted by molar-refractivity contribution is 9.10. The zero-order valence-electron chi connectivity index (χ0n) is 7.83. The SMILES string of the molecule is N#Cc1ccc(OCCCO)c(F)c1Br. The third-order valence-electron chi connectivity index (χ3n) is 1.73. The monoisotopic (exact) mass is 273 g/mol. The maximum atomic E-state index is 13.5. The molecule has 0 unspecified atom stereocenters. The van der Waals surface area contributed by atoms with E-state index in [-0.39, 0.29) is 29.0 Å². The number of hydrogen-bond donors (Lipinski definition) is 1. The van der Waals surface area contributed by atoms with Gasteiger partial charge in [0.25, 0.3) is 0 Å². The molecule has 80 valence electrons. The maximum Gasteiger partial charge on any atom is 0.180 e. The van der Waals surface area contributed by atoms with Gasteiger partial charge in [0.05, 0.1) is 16.6 Å². The fourth-order valence-corrected chi connectivity index (χ4v) is 1.39. The maximum absolute atomic E-state index is 13.5. The Morgan fingerprint density at radius 3 is 2.87 bits per heavy atom. The molecule has 1 N–H and O–H groups in total. The average molecular weight is 274 g/mol. The first-order valence-corrected chi connectivity index (χ1v) is 5.11. The van der Waals surface area contributed by atoms with Gasteiger partial charge in [-0.25, -0.2) is 4.39 Å². The van der Waals surface area contributed by atoms with Crippen molar-refractivity contribution in [2.24, 2.45) is 0 Å². The smallest absolute Gasteiger partial charge is 0.180 e. The van der Waals surface area contributed by atoms with Crippen molar-refractivity contribution >= 4 is 15.9 Å². The molecule has 0 aliphatic carbocycles. The standard InChI is InChI=1S/C10H9BrFNO2/c11-9-7(6-13)2-3-8(10(9)12)15-5-1-4-14/h2-3,14H,1,4-5H2. The molecule has 5 heteroatoms. The summed E-state index contributed by atoms with van der Waals surface area (Å²) in [6.45, 7) is 0.241. The second-order valence-corrected chi connectivity index (χ2v) is 3.57. The zero-order chi connectivity index (χ0) is 11.3. The highest BCUT2D eigenvalue weighted by atomic mass is 79.9. The van der Waals surface area contributed by atoms with E-state index >= 15 is 0 Å². The van der Waals surface area contributed by atoms with Gasteiger partial charge in [0.2, 0.25) is 0 Å². The summed E-state index contributed by atoms with van der Waals surface area (Å²) < 4.78 is 18.7. The van der Waals surface area contributed by atoms with Crippen LogP contribution in [0.4, 0.5) is 4.39 Å². The highest BCUT2D eigenvalue weighted by Gasteiger charge is 2.11. The lowest BCUT2D eigenvalue weighted by atomic mass is 10.2. The Hall–Kier alpha value is -1.12. The summed E-state index contributed by atoms with van der Waals surface area (Å²) in [5.41, 5.74) is 0.224. The fraction of sp³-hybridized carbons (Fsp3) is 0.300. The van der Waals surface area contributed by atoms with E-state index in [1.807, 2.05) is 6.07 Å². The van der Waals surface area contributed by atoms with Gasteiger partial charge in [-0.15, -0.1) is 0 Å². The quantitative estimate of drug-likeness (QED) is 0.856. The highest BCUT2D eigenvalue weighted by Crippen LogP contribution is 2.28. The molecule has 0 saturated heterocycles. The molecular weight excluding hydrogens is 265 g/mol. The number of benzene rings is 1. The Balaban J connectivity index is 2.83. The Labute approximate surface area is 95.2 Å². The van der Waals surface area contributed by atoms with Crippen molar-refractivity contribution < 1.29 is 14.2 Å². The lowest BCUT2D eigenvalue weighted by Gasteiger charge is -2.07. The van der Waals surface area contributed by atoms with Crippen LogP contribution in [0.1, 0.15) is 12.0 Å². The van der Waals surface area contributed by atoms with Gasteiger partial charge >= 0.3 is 0 Å². The van der Waals surface area contributed by atoms with Gasteiger partial charge in [0.15, 0.2) is 11.6 Å². The molecule has 1 aromatic carbocycles. The summed E-state index contributed by atoms with van der Waals surface area (Å²) in [7, 11) is 0. The van der Waals surface area contributed by atoms with E-state index in [2.05, 4.69) is 15.9 Å². The molecule has 1 rings (SSSR count). The summed E-state index contributed by atoms with van der Waals surface area (Å²) in [5.74, 6) is -0.513. The first-order chi connectivity index (χ1) is 7.20. The van der Waals surface area contributed by atoms with Crippen LogP contribution in [-0.4, -0.2) is 18.3 Å². The molecule has 0 aliphatic rings. The van der Waals surface area contributed by atoms with Gasteiger partial charge in [-0.1, -0.05) is 0 Å². The van der Waals surface area contributed by atoms with Crippen molar-refractivity contribution in [2.75, 3.05) is 13.2 Å². The minimum atomic E-state index is -0.591. The number of aliphatic hydroxyl groups excluding tert-OH is 1. The van der Waals surface area contributed by atoms with Gasteiger partial charge in [-0.2, -0.15) is 5.26 Å². The number of hydrogen-bond acceptors (Lipinski definition) is 3. The van der Waals surface area contributed by atoms with Gasteiger partial charge in [-0.3, -0.25) is 0 Å². The van der Waals surface area contributed by atoms with Crippen LogP contribution in [0.25, 0.3) is 0 Å². The first-order valence-electron chi connectivity index (χ1n) is 4.32. The van der Waals surface area contributed by atoms with Crippen molar-refractivity contribution in [2.45, 2.75) is 6.42 Å². The van der Waals surface area contributed by atoms with Gasteiger partial charge in [0.1, 0.15) is 6.07 Å². The zero-order valence-corrected chi connectivity index (χ0v) is 9.42. The normalized spacial score (nSPS) is 9.73. The van der Waals surface area contributed by atoms with Crippen LogP contribution in [0.3, 0.4) is 0 Å². The second-order valence-electron chi connectivity index (χ2n) is 2.78. The lowest BCUT2D eigenvalue weighted by Crippen LogP contribution is -2.02. The predicted octanol–water partition coefficient (Wildman–Crippen LogP) is 2.22. The van der Waals surface area contributed by atoms with Gasteiger partial charge in [0, 0.05) is 13.0 Å². The van der Waals surface area contributed by atoms with Crippen LogP contribution in [0, 0.1) is 17.1 Å². The molecule has 0 saturated carbocycles. The molecule has 15 heavy (non-hydrogen) atoms. The summed E-state index contributed by atoms with van der Waals surface area (Å²) in [5, 5.41) is 17.2. The van der Waals surface area contributed by atoms with Crippen LogP contribution in [-0.2, 0) is 0 Å². The molecule has 0 radical (unpaired) electrons. The van der Waals surface area contributed by atoms with E-state index in [0.717, 1.165) is 0 Å². The summed E-state index contributed by atoms with van der Waals surface area (Å²) in [6.07, 6.45) is 0.442. The largest absolute Gasteiger partial charge is 0.490 e. The van der Waals surface area contributed by atoms with Crippen molar-refractivity contribution in [3.63, 3.8) is 0 Å². The van der Waals surface area contributed by atoms with Crippen molar-refractivity contribution in [1.29, 1.82) is 5.26 Å². The van der Waals surface area contributed by atoms with E-state index in [0.29, 0.717) is 6.42 Å². The molecule has 1 aromatic rings. The number of nitriles is 1. The Kier molecular flexibility index (Phi) is 4.53. The third kappa shape index (κ3) is 2.91. The number of ether oxygens (including phenoxy) is 1. The van der Waals surface area contributed by atoms with E-state index < -0.39 is 5.82 Å². The molecule has 0 aromatic heterocycles. The number of nitrogens with zero attached hydrogens (tertiary/aromatic N) is 1. The Morgan fingerprint density at radius 1 is 1.53 bits per heavy atom. The Morgan fingerprint density at radius 2 is 2.27 bits per heavy atom. The van der Waals surface area contributed by atoms with Gasteiger partial charge in [-0.05, 0) is 28.1 Å². The lowest BCUT2D eigenvalue weighted by molar-refractivity contribution is 0.228. The predicted molar refractivity (Wildman–Crippen MR) is 56.0 cm³/mol. The first kappa shape index (κ1) is 12.0. The minimum Gasteiger partial charge on any atom is -0.490 e.